The van der Waals surface area contributed by atoms with Gasteiger partial charge in [0.25, 0.3) is 0 Å². The Balaban J connectivity index is 1.12. The van der Waals surface area contributed by atoms with Gasteiger partial charge in [-0.15, -0.1) is 0 Å². The average Bonchev–Trinajstić information content (AvgIpc) is 0.764. The van der Waals surface area contributed by atoms with Crippen molar-refractivity contribution in [1.29, 1.82) is 0 Å². The lowest BCUT2D eigenvalue weighted by molar-refractivity contribution is -0.890. The number of phenolic OH excluding ortho intramolecular Hbond substituents is 4. The van der Waals surface area contributed by atoms with E-state index in [0.717, 1.165) is 100 Å². The number of alkyl halides is 3. The number of rotatable bonds is 25. The highest BCUT2D eigenvalue weighted by molar-refractivity contribution is 6.32. The second kappa shape index (κ2) is 35.8. The lowest BCUT2D eigenvalue weighted by Gasteiger charge is -2.32. The van der Waals surface area contributed by atoms with Crippen LogP contribution in [0.2, 0.25) is 10.0 Å². The summed E-state index contributed by atoms with van der Waals surface area (Å²) in [5.74, 6) is -15.7. The second-order valence-electron chi connectivity index (χ2n) is 28.7. The number of unbranched alkanes of at least 4 members (excludes halogenated alkanes) is 5. The standard InChI is InChI=1S/C73H91Cl2F3N12O17/c1-37(2)28-47(80-3)65(98)87-60-62(95)39-17-20-51(45(74)30-39)106-53-32-41-33-54(64(53)97)107-52-21-18-40(31-46(52)75)63(96)61-71(104)86-59(67(100)81-22-14-26-89(4,5)24-12-10-8-9-11-13-25-90(6,7)27-15-23-82-72(105)73(76,77)78)44-34-42(91)35-50(93)56(44)43-29-38(16-19-49(43)92)57(68(101)88-61)85-69(102)58(41)84-66(99)48(36-55(79)94)83-70(60)103/h16-21,29-35,37,47-48,57-63,80,95-96H,8-15,22-28,36H2,1-7H3,(H12-2,79,81,82,83,84,85,86,87,88,91,92,93,94,97,98,99,100,101,102,103,104,105)/p+2/t47-,48+,57-,58-,59+,60-,61+,62-,63-/m1/s1. The number of quaternary nitrogens is 2. The Hall–Kier alpha value is -9.70. The summed E-state index contributed by atoms with van der Waals surface area (Å²) in [5.41, 5.74) is 3.82. The lowest BCUT2D eigenvalue weighted by atomic mass is 9.89. The maximum absolute atomic E-state index is 15.7. The van der Waals surface area contributed by atoms with Crippen LogP contribution in [0.1, 0.15) is 136 Å². The quantitative estimate of drug-likeness (QED) is 0.0257. The van der Waals surface area contributed by atoms with E-state index in [0.29, 0.717) is 34.9 Å². The molecule has 5 aliphatic rings. The first kappa shape index (κ1) is 82.9. The Morgan fingerprint density at radius 1 is 0.589 bits per heavy atom. The van der Waals surface area contributed by atoms with Crippen LogP contribution in [0.3, 0.4) is 0 Å². The molecule has 107 heavy (non-hydrogen) atoms. The molecule has 11 bridgehead atoms. The molecule has 0 unspecified atom stereocenters. The van der Waals surface area contributed by atoms with Crippen LogP contribution in [0.4, 0.5) is 13.2 Å². The number of aliphatic hydroxyl groups excluding tert-OH is 2. The van der Waals surface area contributed by atoms with Gasteiger partial charge in [0.05, 0.1) is 76.9 Å². The zero-order valence-electron chi connectivity index (χ0n) is 60.1. The van der Waals surface area contributed by atoms with Crippen LogP contribution in [0.5, 0.6) is 46.0 Å². The monoisotopic (exact) mass is 1540 g/mol. The third kappa shape index (κ3) is 21.8. The van der Waals surface area contributed by atoms with E-state index in [9.17, 15) is 67.8 Å². The van der Waals surface area contributed by atoms with E-state index in [1.54, 1.807) is 0 Å². The van der Waals surface area contributed by atoms with Crippen molar-refractivity contribution in [2.45, 2.75) is 139 Å². The molecular formula is C73H93Cl2F3N12O17+2. The smallest absolute Gasteiger partial charge is 0.471 e. The van der Waals surface area contributed by atoms with E-state index in [4.69, 9.17) is 38.4 Å². The number of amides is 9. The molecule has 29 nitrogen and oxygen atoms in total. The molecule has 580 valence electrons. The summed E-state index contributed by atoms with van der Waals surface area (Å²) in [6.45, 7) is 6.40. The van der Waals surface area contributed by atoms with Gasteiger partial charge in [-0.05, 0) is 127 Å². The number of nitrogens with two attached hydrogens (primary N) is 1. The number of aromatic hydroxyl groups is 4. The van der Waals surface area contributed by atoms with E-state index in [-0.39, 0.29) is 85.9 Å². The highest BCUT2D eigenvalue weighted by Gasteiger charge is 2.43. The molecule has 34 heteroatoms. The van der Waals surface area contributed by atoms with E-state index in [2.05, 4.69) is 42.5 Å². The predicted octanol–water partition coefficient (Wildman–Crippen LogP) is 5.38. The number of nitrogens with one attached hydrogen (secondary N) is 9. The molecular weight excluding hydrogens is 1440 g/mol. The van der Waals surface area contributed by atoms with Crippen molar-refractivity contribution >= 4 is 76.4 Å². The molecule has 0 radical (unpaired) electrons. The molecule has 5 heterocycles. The number of hydrogen-bond acceptors (Lipinski definition) is 18. The number of primary amides is 1. The number of carbonyl (C=O) groups excluding carboxylic acids is 9. The molecule has 10 rings (SSSR count). The van der Waals surface area contributed by atoms with Gasteiger partial charge in [-0.2, -0.15) is 13.2 Å². The minimum Gasteiger partial charge on any atom is -0.508 e. The van der Waals surface area contributed by atoms with Gasteiger partial charge < -0.3 is 103 Å². The summed E-state index contributed by atoms with van der Waals surface area (Å²) in [7, 11) is 9.56. The van der Waals surface area contributed by atoms with Crippen LogP contribution >= 0.6 is 23.2 Å². The Bertz CT molecular complexity index is 4150. The molecule has 5 aliphatic heterocycles. The number of nitrogens with zero attached hydrogens (tertiary/aromatic N) is 2. The molecule has 9 amide bonds. The number of halogens is 5. The first-order chi connectivity index (χ1) is 50.3. The highest BCUT2D eigenvalue weighted by Crippen LogP contribution is 2.48. The van der Waals surface area contributed by atoms with Crippen molar-refractivity contribution in [2.75, 3.05) is 74.5 Å². The van der Waals surface area contributed by atoms with Gasteiger partial charge >= 0.3 is 12.1 Å². The van der Waals surface area contributed by atoms with Crippen molar-refractivity contribution in [2.24, 2.45) is 11.7 Å². The number of carbonyl (C=O) groups is 9. The highest BCUT2D eigenvalue weighted by atomic mass is 35.5. The predicted molar refractivity (Wildman–Crippen MR) is 385 cm³/mol. The SMILES string of the molecule is CN[C@H](CC(C)C)C(=O)N[C@H]1C(=O)N[C@@H](CC(N)=O)C(=O)N[C@H]2C(=O)N[C@H]3C(=O)N[C@H](C(=O)N[C@H](C(=O)NCCC[N+](C)(C)CCCCCCCC[N+](C)(C)CCCNC(=O)C(F)(F)F)c4cc(O)cc(O)c4-c4cc3ccc4O)[C@H](O)c3ccc(c(Cl)c3)Oc3cc2cc(c3O)Oc2ccc(cc2Cl)[C@H]1O. The van der Waals surface area contributed by atoms with Crippen LogP contribution in [0.15, 0.2) is 78.9 Å². The summed E-state index contributed by atoms with van der Waals surface area (Å²) < 4.78 is 51.2. The fraction of sp³-hybridized carbons (Fsp3) is 0.466. The Kier molecular flexibility index (Phi) is 27.8. The number of phenols is 4. The second-order valence-corrected chi connectivity index (χ2v) is 29.5. The van der Waals surface area contributed by atoms with Crippen molar-refractivity contribution in [1.82, 2.24) is 47.9 Å². The van der Waals surface area contributed by atoms with Gasteiger partial charge in [0.1, 0.15) is 77.2 Å². The minimum atomic E-state index is -4.92. The van der Waals surface area contributed by atoms with Crippen LogP contribution < -0.4 is 63.1 Å². The number of benzene rings is 5. The summed E-state index contributed by atoms with van der Waals surface area (Å²) in [5, 5.41) is 93.5. The van der Waals surface area contributed by atoms with Crippen LogP contribution in [0.25, 0.3) is 11.1 Å². The zero-order valence-corrected chi connectivity index (χ0v) is 61.6. The topological polar surface area (TPSA) is 428 Å². The van der Waals surface area contributed by atoms with Gasteiger partial charge in [-0.3, -0.25) is 43.2 Å². The molecule has 0 aromatic heterocycles. The number of hydrogen-bond donors (Lipinski definition) is 16. The third-order valence-electron chi connectivity index (χ3n) is 18.8. The number of fused-ring (bicyclic) bond motifs is 15. The average molecular weight is 1540 g/mol. The van der Waals surface area contributed by atoms with Crippen molar-refractivity contribution in [3.63, 3.8) is 0 Å². The zero-order chi connectivity index (χ0) is 78.6. The Morgan fingerprint density at radius 2 is 1.11 bits per heavy atom. The van der Waals surface area contributed by atoms with Crippen molar-refractivity contribution in [3.8, 4) is 57.1 Å². The lowest BCUT2D eigenvalue weighted by Crippen LogP contribution is -2.59. The Labute approximate surface area is 625 Å². The van der Waals surface area contributed by atoms with Crippen molar-refractivity contribution < 1.29 is 105 Å². The first-order valence-corrected chi connectivity index (χ1v) is 35.7. The summed E-state index contributed by atoms with van der Waals surface area (Å²) in [6, 6.07) is 1.44. The number of aliphatic hydroxyl groups is 2. The third-order valence-corrected chi connectivity index (χ3v) is 19.4. The van der Waals surface area contributed by atoms with Crippen LogP contribution in [0, 0.1) is 5.92 Å². The fourth-order valence-electron chi connectivity index (χ4n) is 13.0. The molecule has 9 atom stereocenters. The molecule has 0 spiro atoms. The maximum atomic E-state index is 15.7. The van der Waals surface area contributed by atoms with Gasteiger partial charge in [0.15, 0.2) is 11.5 Å². The largest absolute Gasteiger partial charge is 0.508 e. The van der Waals surface area contributed by atoms with Gasteiger partial charge in [0.2, 0.25) is 53.0 Å². The van der Waals surface area contributed by atoms with E-state index in [1.165, 1.54) is 37.4 Å². The molecule has 0 saturated heterocycles. The molecule has 5 aromatic carbocycles. The van der Waals surface area contributed by atoms with Gasteiger partial charge in [-0.25, -0.2) is 0 Å². The molecule has 5 aromatic rings. The number of likely N-dealkylation sites (N-methyl/N-ethyl adjacent to an activating group) is 1. The molecule has 0 fully saturated rings. The number of ether oxygens (including phenoxy) is 2. The summed E-state index contributed by atoms with van der Waals surface area (Å²) in [4.78, 5) is 129. The van der Waals surface area contributed by atoms with Crippen molar-refractivity contribution in [3.05, 3.63) is 117 Å². The molecule has 0 saturated carbocycles. The molecule has 17 N–H and O–H groups in total. The van der Waals surface area contributed by atoms with Gasteiger partial charge in [0, 0.05) is 43.1 Å². The summed E-state index contributed by atoms with van der Waals surface area (Å²) in [6.07, 6.45) is -3.25. The van der Waals surface area contributed by atoms with E-state index < -0.39 is 155 Å². The normalized spacial score (nSPS) is 20.2. The first-order valence-electron chi connectivity index (χ1n) is 35.0. The summed E-state index contributed by atoms with van der Waals surface area (Å²) >= 11 is 13.7. The fourth-order valence-corrected chi connectivity index (χ4v) is 13.4. The van der Waals surface area contributed by atoms with E-state index >= 15 is 19.2 Å². The van der Waals surface area contributed by atoms with E-state index in [1.807, 2.05) is 47.4 Å². The Morgan fingerprint density at radius 3 is 1.66 bits per heavy atom. The van der Waals surface area contributed by atoms with Gasteiger partial charge in [-0.1, -0.05) is 68.1 Å². The minimum absolute atomic E-state index is 0.0160. The van der Waals surface area contributed by atoms with Crippen LogP contribution in [-0.2, 0) is 43.2 Å². The maximum Gasteiger partial charge on any atom is 0.471 e. The molecule has 0 aliphatic carbocycles. The van der Waals surface area contributed by atoms with Crippen LogP contribution in [-0.4, -0.2) is 198 Å².